The van der Waals surface area contributed by atoms with E-state index in [-0.39, 0.29) is 25.0 Å². The highest BCUT2D eigenvalue weighted by atomic mass is 79.9. The van der Waals surface area contributed by atoms with Crippen molar-refractivity contribution in [3.63, 3.8) is 0 Å². The Bertz CT molecular complexity index is 274. The number of nitrogens with zero attached hydrogens (tertiary/aromatic N) is 1. The number of hydrogen-bond donors (Lipinski definition) is 0. The fraction of sp³-hybridized carbons (Fsp3) is 0.909. The molecule has 0 aromatic carbocycles. The van der Waals surface area contributed by atoms with E-state index >= 15 is 0 Å². The number of carbonyl (C=O) groups is 1. The maximum Gasteiger partial charge on any atom is 0.411 e. The van der Waals surface area contributed by atoms with Crippen LogP contribution in [-0.4, -0.2) is 48.1 Å². The van der Waals surface area contributed by atoms with Crippen LogP contribution >= 0.6 is 15.9 Å². The first kappa shape index (κ1) is 15.8. The molecule has 1 saturated heterocycles. The van der Waals surface area contributed by atoms with Crippen molar-refractivity contribution in [1.29, 1.82) is 0 Å². The van der Waals surface area contributed by atoms with Crippen LogP contribution in [0.4, 0.5) is 13.2 Å². The fourth-order valence-electron chi connectivity index (χ4n) is 1.98. The highest BCUT2D eigenvalue weighted by Crippen LogP contribution is 2.20. The maximum absolute atomic E-state index is 11.8. The minimum atomic E-state index is -4.33. The Morgan fingerprint density at radius 2 is 2.11 bits per heavy atom. The van der Waals surface area contributed by atoms with Crippen molar-refractivity contribution in [2.45, 2.75) is 37.9 Å². The molecule has 1 atom stereocenters. The van der Waals surface area contributed by atoms with E-state index in [0.717, 1.165) is 19.3 Å². The van der Waals surface area contributed by atoms with E-state index in [1.54, 1.807) is 4.90 Å². The van der Waals surface area contributed by atoms with E-state index < -0.39 is 12.8 Å². The zero-order chi connectivity index (χ0) is 13.6. The van der Waals surface area contributed by atoms with Gasteiger partial charge in [0.15, 0.2) is 0 Å². The van der Waals surface area contributed by atoms with Gasteiger partial charge in [0, 0.05) is 17.9 Å². The number of amides is 1. The molecule has 1 amide bonds. The Labute approximate surface area is 113 Å². The van der Waals surface area contributed by atoms with Crippen LogP contribution in [0.5, 0.6) is 0 Å². The lowest BCUT2D eigenvalue weighted by molar-refractivity contribution is -0.175. The monoisotopic (exact) mass is 331 g/mol. The van der Waals surface area contributed by atoms with Crippen LogP contribution in [-0.2, 0) is 9.53 Å². The van der Waals surface area contributed by atoms with Crippen molar-refractivity contribution in [2.75, 3.05) is 25.1 Å². The van der Waals surface area contributed by atoms with Crippen LogP contribution in [0.1, 0.15) is 25.7 Å². The summed E-state index contributed by atoms with van der Waals surface area (Å²) in [6, 6.07) is 0.161. The topological polar surface area (TPSA) is 29.5 Å². The second kappa shape index (κ2) is 7.33. The molecule has 3 nitrogen and oxygen atoms in total. The van der Waals surface area contributed by atoms with Gasteiger partial charge in [-0.3, -0.25) is 4.79 Å². The van der Waals surface area contributed by atoms with Crippen LogP contribution in [0.2, 0.25) is 0 Å². The van der Waals surface area contributed by atoms with E-state index in [2.05, 4.69) is 20.7 Å². The molecule has 0 aliphatic carbocycles. The summed E-state index contributed by atoms with van der Waals surface area (Å²) >= 11 is 3.35. The molecule has 106 valence electrons. The summed E-state index contributed by atoms with van der Waals surface area (Å²) in [6.45, 7) is -0.777. The van der Waals surface area contributed by atoms with Gasteiger partial charge >= 0.3 is 6.18 Å². The average Bonchev–Trinajstić information content (AvgIpc) is 2.33. The van der Waals surface area contributed by atoms with Crippen LogP contribution in [0.25, 0.3) is 0 Å². The highest BCUT2D eigenvalue weighted by molar-refractivity contribution is 9.09. The number of rotatable bonds is 5. The minimum absolute atomic E-state index is 0.0135. The van der Waals surface area contributed by atoms with Crippen molar-refractivity contribution in [3.8, 4) is 0 Å². The first-order valence-corrected chi connectivity index (χ1v) is 7.06. The molecule has 7 heteroatoms. The van der Waals surface area contributed by atoms with Gasteiger partial charge in [0.2, 0.25) is 5.91 Å². The normalized spacial score (nSPS) is 21.1. The van der Waals surface area contributed by atoms with Crippen molar-refractivity contribution < 1.29 is 22.7 Å². The minimum Gasteiger partial charge on any atom is -0.372 e. The van der Waals surface area contributed by atoms with Gasteiger partial charge in [0.05, 0.1) is 13.0 Å². The zero-order valence-electron chi connectivity index (χ0n) is 10.0. The van der Waals surface area contributed by atoms with Gasteiger partial charge < -0.3 is 9.64 Å². The lowest BCUT2D eigenvalue weighted by Gasteiger charge is -2.34. The predicted molar refractivity (Wildman–Crippen MR) is 64.6 cm³/mol. The Hall–Kier alpha value is -0.300. The van der Waals surface area contributed by atoms with E-state index in [0.29, 0.717) is 11.9 Å². The van der Waals surface area contributed by atoms with Crippen LogP contribution in [0.3, 0.4) is 0 Å². The van der Waals surface area contributed by atoms with Gasteiger partial charge in [-0.25, -0.2) is 0 Å². The van der Waals surface area contributed by atoms with E-state index in [9.17, 15) is 18.0 Å². The largest absolute Gasteiger partial charge is 0.411 e. The average molecular weight is 332 g/mol. The lowest BCUT2D eigenvalue weighted by atomic mass is 10.0. The zero-order valence-corrected chi connectivity index (χ0v) is 11.6. The molecule has 0 radical (unpaired) electrons. The molecule has 0 saturated carbocycles. The SMILES string of the molecule is O=C(CCOCC(F)(F)F)N1CCCCC1CBr. The van der Waals surface area contributed by atoms with Crippen molar-refractivity contribution >= 4 is 21.8 Å². The summed E-state index contributed by atoms with van der Waals surface area (Å²) in [5, 5.41) is 0.710. The third-order valence-corrected chi connectivity index (χ3v) is 3.60. The summed E-state index contributed by atoms with van der Waals surface area (Å²) in [5.74, 6) is -0.124. The van der Waals surface area contributed by atoms with Crippen molar-refractivity contribution in [3.05, 3.63) is 0 Å². The van der Waals surface area contributed by atoms with Crippen molar-refractivity contribution in [1.82, 2.24) is 4.90 Å². The van der Waals surface area contributed by atoms with E-state index in [4.69, 9.17) is 0 Å². The molecular weight excluding hydrogens is 315 g/mol. The summed E-state index contributed by atoms with van der Waals surface area (Å²) in [4.78, 5) is 13.6. The standard InChI is InChI=1S/C11H17BrF3NO2/c12-7-9-3-1-2-5-16(9)10(17)4-6-18-8-11(13,14)15/h9H,1-8H2. The Kier molecular flexibility index (Phi) is 6.42. The van der Waals surface area contributed by atoms with Crippen molar-refractivity contribution in [2.24, 2.45) is 0 Å². The molecule has 1 aliphatic rings. The maximum atomic E-state index is 11.8. The molecule has 0 N–H and O–H groups in total. The summed E-state index contributed by atoms with van der Waals surface area (Å²) < 4.78 is 39.9. The number of likely N-dealkylation sites (tertiary alicyclic amines) is 1. The molecule has 1 aliphatic heterocycles. The number of ether oxygens (including phenoxy) is 1. The summed E-state index contributed by atoms with van der Waals surface area (Å²) in [6.07, 6.45) is -1.32. The van der Waals surface area contributed by atoms with E-state index in [1.807, 2.05) is 0 Å². The van der Waals surface area contributed by atoms with Gasteiger partial charge in [0.25, 0.3) is 0 Å². The van der Waals surface area contributed by atoms with Gasteiger partial charge in [-0.2, -0.15) is 13.2 Å². The molecule has 18 heavy (non-hydrogen) atoms. The number of carbonyl (C=O) groups excluding carboxylic acids is 1. The molecule has 1 unspecified atom stereocenters. The Morgan fingerprint density at radius 3 is 2.72 bits per heavy atom. The molecular formula is C11H17BrF3NO2. The quantitative estimate of drug-likeness (QED) is 0.572. The third-order valence-electron chi connectivity index (χ3n) is 2.85. The van der Waals surface area contributed by atoms with Gasteiger partial charge in [-0.1, -0.05) is 15.9 Å². The molecule has 0 spiro atoms. The summed E-state index contributed by atoms with van der Waals surface area (Å²) in [5.41, 5.74) is 0. The second-order valence-electron chi connectivity index (χ2n) is 4.31. The predicted octanol–water partition coefficient (Wildman–Crippen LogP) is 2.73. The molecule has 1 rings (SSSR count). The van der Waals surface area contributed by atoms with Crippen LogP contribution in [0.15, 0.2) is 0 Å². The van der Waals surface area contributed by atoms with Gasteiger partial charge in [0.1, 0.15) is 6.61 Å². The Balaban J connectivity index is 2.27. The number of piperidine rings is 1. The van der Waals surface area contributed by atoms with E-state index in [1.165, 1.54) is 0 Å². The molecule has 1 fully saturated rings. The van der Waals surface area contributed by atoms with Crippen LogP contribution in [0, 0.1) is 0 Å². The number of halogens is 4. The Morgan fingerprint density at radius 1 is 1.39 bits per heavy atom. The first-order valence-electron chi connectivity index (χ1n) is 5.94. The molecule has 0 aromatic rings. The number of hydrogen-bond acceptors (Lipinski definition) is 2. The van der Waals surface area contributed by atoms with Crippen LogP contribution < -0.4 is 0 Å². The third kappa shape index (κ3) is 5.56. The van der Waals surface area contributed by atoms with Gasteiger partial charge in [-0.15, -0.1) is 0 Å². The molecule has 0 aromatic heterocycles. The second-order valence-corrected chi connectivity index (χ2v) is 4.96. The number of alkyl halides is 4. The summed E-state index contributed by atoms with van der Waals surface area (Å²) in [7, 11) is 0. The fourth-order valence-corrected chi connectivity index (χ4v) is 2.65. The smallest absolute Gasteiger partial charge is 0.372 e. The highest BCUT2D eigenvalue weighted by Gasteiger charge is 2.28. The first-order chi connectivity index (χ1) is 8.44. The molecule has 1 heterocycles. The molecule has 0 bridgehead atoms. The lowest BCUT2D eigenvalue weighted by Crippen LogP contribution is -2.45. The van der Waals surface area contributed by atoms with Gasteiger partial charge in [-0.05, 0) is 19.3 Å².